The van der Waals surface area contributed by atoms with Crippen molar-refractivity contribution in [1.82, 2.24) is 5.32 Å². The van der Waals surface area contributed by atoms with E-state index in [-0.39, 0.29) is 34.9 Å². The van der Waals surface area contributed by atoms with Crippen LogP contribution in [0.25, 0.3) is 0 Å². The van der Waals surface area contributed by atoms with Crippen molar-refractivity contribution in [3.05, 3.63) is 0 Å². The van der Waals surface area contributed by atoms with E-state index in [0.29, 0.717) is 6.61 Å². The number of nitrogens with two attached hydrogens (primary N) is 1. The summed E-state index contributed by atoms with van der Waals surface area (Å²) in [6.45, 7) is 9.16. The Balaban J connectivity index is 2.01. The third-order valence-electron chi connectivity index (χ3n) is 4.60. The first-order valence-electron chi connectivity index (χ1n) is 6.45. The Kier molecular flexibility index (Phi) is 2.99. The van der Waals surface area contributed by atoms with E-state index in [9.17, 15) is 4.79 Å². The van der Waals surface area contributed by atoms with Gasteiger partial charge in [0.1, 0.15) is 6.10 Å². The largest absolute Gasteiger partial charge is 0.368 e. The lowest BCUT2D eigenvalue weighted by Crippen LogP contribution is -2.76. The van der Waals surface area contributed by atoms with Gasteiger partial charge in [-0.25, -0.2) is 0 Å². The van der Waals surface area contributed by atoms with Gasteiger partial charge in [0.25, 0.3) is 0 Å². The Morgan fingerprint density at radius 3 is 2.35 bits per heavy atom. The zero-order valence-electron chi connectivity index (χ0n) is 11.2. The SMILES string of the molecule is CC1(C)C(N)C(C)(C)C1NC(=O)C1CCCO1. The maximum absolute atomic E-state index is 12.1. The van der Waals surface area contributed by atoms with Crippen LogP contribution in [0.2, 0.25) is 0 Å². The molecule has 1 aliphatic carbocycles. The first-order valence-corrected chi connectivity index (χ1v) is 6.45. The van der Waals surface area contributed by atoms with Gasteiger partial charge in [0.15, 0.2) is 0 Å². The standard InChI is InChI=1S/C13H24N2O2/c1-12(2)10(14)13(3,4)11(12)15-9(16)8-6-5-7-17-8/h8,10-11H,5-7,14H2,1-4H3,(H,15,16). The molecule has 1 amide bonds. The second-order valence-electron chi connectivity index (χ2n) is 6.56. The summed E-state index contributed by atoms with van der Waals surface area (Å²) in [4.78, 5) is 12.1. The lowest BCUT2D eigenvalue weighted by atomic mass is 9.48. The number of nitrogens with one attached hydrogen (secondary N) is 1. The van der Waals surface area contributed by atoms with Crippen molar-refractivity contribution in [2.24, 2.45) is 16.6 Å². The van der Waals surface area contributed by atoms with Gasteiger partial charge >= 0.3 is 0 Å². The Labute approximate surface area is 103 Å². The average molecular weight is 240 g/mol. The van der Waals surface area contributed by atoms with Crippen molar-refractivity contribution in [2.45, 2.75) is 58.7 Å². The molecule has 0 aromatic carbocycles. The molecule has 17 heavy (non-hydrogen) atoms. The van der Waals surface area contributed by atoms with Crippen LogP contribution in [0.3, 0.4) is 0 Å². The summed E-state index contributed by atoms with van der Waals surface area (Å²) < 4.78 is 5.40. The number of rotatable bonds is 2. The minimum atomic E-state index is -0.251. The molecule has 1 atom stereocenters. The summed E-state index contributed by atoms with van der Waals surface area (Å²) in [5, 5.41) is 3.13. The highest BCUT2D eigenvalue weighted by molar-refractivity contribution is 5.81. The molecule has 98 valence electrons. The van der Waals surface area contributed by atoms with Crippen LogP contribution >= 0.6 is 0 Å². The van der Waals surface area contributed by atoms with Crippen LogP contribution in [0.15, 0.2) is 0 Å². The first-order chi connectivity index (χ1) is 7.78. The van der Waals surface area contributed by atoms with Crippen molar-refractivity contribution in [3.8, 4) is 0 Å². The number of hydrogen-bond donors (Lipinski definition) is 2. The Bertz CT molecular complexity index is 303. The summed E-state index contributed by atoms with van der Waals surface area (Å²) in [6.07, 6.45) is 1.57. The molecule has 0 bridgehead atoms. The van der Waals surface area contributed by atoms with Crippen LogP contribution < -0.4 is 11.1 Å². The van der Waals surface area contributed by atoms with Crippen molar-refractivity contribution >= 4 is 5.91 Å². The highest BCUT2D eigenvalue weighted by Crippen LogP contribution is 2.52. The van der Waals surface area contributed by atoms with Gasteiger partial charge < -0.3 is 15.8 Å². The Morgan fingerprint density at radius 2 is 1.88 bits per heavy atom. The van der Waals surface area contributed by atoms with Crippen molar-refractivity contribution in [2.75, 3.05) is 6.61 Å². The minimum Gasteiger partial charge on any atom is -0.368 e. The first kappa shape index (κ1) is 12.8. The average Bonchev–Trinajstić information content (AvgIpc) is 2.77. The molecule has 2 aliphatic rings. The predicted molar refractivity (Wildman–Crippen MR) is 66.4 cm³/mol. The van der Waals surface area contributed by atoms with Crippen LogP contribution in [0.4, 0.5) is 0 Å². The lowest BCUT2D eigenvalue weighted by Gasteiger charge is -2.63. The highest BCUT2D eigenvalue weighted by atomic mass is 16.5. The van der Waals surface area contributed by atoms with Crippen LogP contribution in [0.1, 0.15) is 40.5 Å². The molecule has 1 saturated heterocycles. The van der Waals surface area contributed by atoms with Gasteiger partial charge in [-0.1, -0.05) is 27.7 Å². The quantitative estimate of drug-likeness (QED) is 0.758. The van der Waals surface area contributed by atoms with Gasteiger partial charge in [-0.2, -0.15) is 0 Å². The molecule has 1 unspecified atom stereocenters. The van der Waals surface area contributed by atoms with Gasteiger partial charge in [-0.05, 0) is 12.8 Å². The molecule has 2 rings (SSSR count). The molecule has 1 aliphatic heterocycles. The molecule has 4 heteroatoms. The van der Waals surface area contributed by atoms with Crippen molar-refractivity contribution in [1.29, 1.82) is 0 Å². The maximum atomic E-state index is 12.1. The fourth-order valence-corrected chi connectivity index (χ4v) is 3.57. The Morgan fingerprint density at radius 1 is 1.29 bits per heavy atom. The molecular formula is C13H24N2O2. The lowest BCUT2D eigenvalue weighted by molar-refractivity contribution is -0.140. The van der Waals surface area contributed by atoms with E-state index in [0.717, 1.165) is 12.8 Å². The molecule has 0 aromatic heterocycles. The third kappa shape index (κ3) is 1.87. The van der Waals surface area contributed by atoms with Crippen LogP contribution in [-0.2, 0) is 9.53 Å². The van der Waals surface area contributed by atoms with Gasteiger partial charge in [-0.3, -0.25) is 4.79 Å². The number of hydrogen-bond acceptors (Lipinski definition) is 3. The molecule has 1 heterocycles. The van der Waals surface area contributed by atoms with Crippen molar-refractivity contribution in [3.63, 3.8) is 0 Å². The number of amides is 1. The molecule has 4 nitrogen and oxygen atoms in total. The van der Waals surface area contributed by atoms with Gasteiger partial charge in [-0.15, -0.1) is 0 Å². The normalized spacial score (nSPS) is 38.5. The zero-order chi connectivity index (χ0) is 12.8. The summed E-state index contributed by atoms with van der Waals surface area (Å²) in [6, 6.07) is 0.242. The van der Waals surface area contributed by atoms with Gasteiger partial charge in [0, 0.05) is 29.5 Å². The highest BCUT2D eigenvalue weighted by Gasteiger charge is 2.60. The van der Waals surface area contributed by atoms with E-state index in [1.54, 1.807) is 0 Å². The van der Waals surface area contributed by atoms with Crippen LogP contribution in [0.5, 0.6) is 0 Å². The molecule has 3 N–H and O–H groups in total. The van der Waals surface area contributed by atoms with Gasteiger partial charge in [0.2, 0.25) is 5.91 Å². The molecule has 1 saturated carbocycles. The molecular weight excluding hydrogens is 216 g/mol. The fourth-order valence-electron chi connectivity index (χ4n) is 3.57. The topological polar surface area (TPSA) is 64.3 Å². The second-order valence-corrected chi connectivity index (χ2v) is 6.56. The Hall–Kier alpha value is -0.610. The fraction of sp³-hybridized carbons (Fsp3) is 0.923. The summed E-state index contributed by atoms with van der Waals surface area (Å²) in [5.41, 5.74) is 6.08. The van der Waals surface area contributed by atoms with Crippen LogP contribution in [0, 0.1) is 10.8 Å². The van der Waals surface area contributed by atoms with E-state index in [2.05, 4.69) is 33.0 Å². The summed E-state index contributed by atoms with van der Waals surface area (Å²) >= 11 is 0. The van der Waals surface area contributed by atoms with E-state index in [4.69, 9.17) is 10.5 Å². The van der Waals surface area contributed by atoms with E-state index < -0.39 is 0 Å². The van der Waals surface area contributed by atoms with Gasteiger partial charge in [0.05, 0.1) is 0 Å². The molecule has 0 aromatic rings. The summed E-state index contributed by atoms with van der Waals surface area (Å²) in [7, 11) is 0. The minimum absolute atomic E-state index is 0.0283. The van der Waals surface area contributed by atoms with Crippen molar-refractivity contribution < 1.29 is 9.53 Å². The zero-order valence-corrected chi connectivity index (χ0v) is 11.2. The second kappa shape index (κ2) is 3.95. The predicted octanol–water partition coefficient (Wildman–Crippen LogP) is 1.04. The third-order valence-corrected chi connectivity index (χ3v) is 4.60. The van der Waals surface area contributed by atoms with Crippen LogP contribution in [-0.4, -0.2) is 30.7 Å². The molecule has 0 spiro atoms. The number of carbonyl (C=O) groups excluding carboxylic acids is 1. The van der Waals surface area contributed by atoms with E-state index in [1.165, 1.54) is 0 Å². The van der Waals surface area contributed by atoms with E-state index in [1.807, 2.05) is 0 Å². The molecule has 2 fully saturated rings. The molecule has 0 radical (unpaired) electrons. The summed E-state index contributed by atoms with van der Waals surface area (Å²) in [5.74, 6) is 0.0283. The number of carbonyl (C=O) groups is 1. The maximum Gasteiger partial charge on any atom is 0.249 e. The smallest absolute Gasteiger partial charge is 0.249 e. The van der Waals surface area contributed by atoms with E-state index >= 15 is 0 Å². The monoisotopic (exact) mass is 240 g/mol. The number of ether oxygens (including phenoxy) is 1.